The third-order valence-electron chi connectivity index (χ3n) is 2.85. The van der Waals surface area contributed by atoms with Crippen molar-refractivity contribution >= 4 is 0 Å². The summed E-state index contributed by atoms with van der Waals surface area (Å²) < 4.78 is 6.89. The van der Waals surface area contributed by atoms with Crippen molar-refractivity contribution < 1.29 is 9.84 Å². The molecule has 0 saturated carbocycles. The van der Waals surface area contributed by atoms with E-state index >= 15 is 0 Å². The van der Waals surface area contributed by atoms with Gasteiger partial charge in [0.1, 0.15) is 0 Å². The van der Waals surface area contributed by atoms with Crippen molar-refractivity contribution in [2.75, 3.05) is 20.3 Å². The highest BCUT2D eigenvalue weighted by Gasteiger charge is 2.09. The fraction of sp³-hybridized carbons (Fsp3) is 0.750. The van der Waals surface area contributed by atoms with E-state index in [9.17, 15) is 5.11 Å². The van der Waals surface area contributed by atoms with Crippen LogP contribution in [0.1, 0.15) is 24.7 Å². The maximum Gasteiger partial charge on any atom is 0.0625 e. The minimum Gasteiger partial charge on any atom is -0.395 e. The Bertz CT molecular complexity index is 326. The Hall–Kier alpha value is -0.910. The molecule has 0 radical (unpaired) electrons. The molecule has 0 aliphatic rings. The number of aryl methyl sites for hydroxylation is 2. The standard InChI is InChI=1S/C12H23N3O2/c1-4-10-7-12(15(2)14-10)8-13-11(9-16)5-6-17-3/h7,11,13,16H,4-6,8-9H2,1-3H3. The Morgan fingerprint density at radius 1 is 1.59 bits per heavy atom. The molecule has 2 N–H and O–H groups in total. The SMILES string of the molecule is CCc1cc(CNC(CO)CCOC)n(C)n1. The molecule has 17 heavy (non-hydrogen) atoms. The average molecular weight is 241 g/mol. The molecule has 0 aliphatic carbocycles. The molecule has 0 amide bonds. The molecule has 0 aromatic carbocycles. The Balaban J connectivity index is 2.44. The lowest BCUT2D eigenvalue weighted by atomic mass is 10.2. The van der Waals surface area contributed by atoms with Crippen molar-refractivity contribution in [3.05, 3.63) is 17.5 Å². The van der Waals surface area contributed by atoms with Gasteiger partial charge in [-0.3, -0.25) is 4.68 Å². The number of nitrogens with one attached hydrogen (secondary N) is 1. The second kappa shape index (κ2) is 7.42. The van der Waals surface area contributed by atoms with Crippen molar-refractivity contribution in [1.29, 1.82) is 0 Å². The highest BCUT2D eigenvalue weighted by Crippen LogP contribution is 2.04. The number of aliphatic hydroxyl groups is 1. The Morgan fingerprint density at radius 2 is 2.35 bits per heavy atom. The molecule has 0 spiro atoms. The summed E-state index contributed by atoms with van der Waals surface area (Å²) in [7, 11) is 3.61. The predicted molar refractivity (Wildman–Crippen MR) is 66.8 cm³/mol. The number of aromatic nitrogens is 2. The van der Waals surface area contributed by atoms with Crippen molar-refractivity contribution in [3.8, 4) is 0 Å². The number of methoxy groups -OCH3 is 1. The van der Waals surface area contributed by atoms with Crippen LogP contribution >= 0.6 is 0 Å². The Labute approximate surface area is 103 Å². The molecular formula is C12H23N3O2. The molecule has 0 aliphatic heterocycles. The maximum atomic E-state index is 9.21. The van der Waals surface area contributed by atoms with E-state index in [0.717, 1.165) is 30.8 Å². The monoisotopic (exact) mass is 241 g/mol. The minimum atomic E-state index is 0.0786. The van der Waals surface area contributed by atoms with E-state index in [4.69, 9.17) is 4.74 Å². The van der Waals surface area contributed by atoms with Gasteiger partial charge in [0.2, 0.25) is 0 Å². The first kappa shape index (κ1) is 14.2. The molecule has 0 bridgehead atoms. The fourth-order valence-corrected chi connectivity index (χ4v) is 1.68. The molecule has 5 heteroatoms. The lowest BCUT2D eigenvalue weighted by Crippen LogP contribution is -2.33. The first-order valence-electron chi connectivity index (χ1n) is 6.06. The largest absolute Gasteiger partial charge is 0.395 e. The Morgan fingerprint density at radius 3 is 2.88 bits per heavy atom. The van der Waals surface area contributed by atoms with Crippen LogP contribution in [0.25, 0.3) is 0 Å². The van der Waals surface area contributed by atoms with E-state index in [0.29, 0.717) is 6.61 Å². The first-order valence-corrected chi connectivity index (χ1v) is 6.06. The van der Waals surface area contributed by atoms with E-state index in [1.807, 2.05) is 11.7 Å². The highest BCUT2D eigenvalue weighted by molar-refractivity contribution is 5.10. The van der Waals surface area contributed by atoms with Crippen LogP contribution in [-0.4, -0.2) is 41.3 Å². The van der Waals surface area contributed by atoms with Gasteiger partial charge in [-0.2, -0.15) is 5.10 Å². The number of aliphatic hydroxyl groups excluding tert-OH is 1. The fourth-order valence-electron chi connectivity index (χ4n) is 1.68. The van der Waals surface area contributed by atoms with Crippen LogP contribution in [0.5, 0.6) is 0 Å². The van der Waals surface area contributed by atoms with E-state index < -0.39 is 0 Å². The summed E-state index contributed by atoms with van der Waals surface area (Å²) in [6.45, 7) is 3.60. The molecule has 0 saturated heterocycles. The molecule has 1 aromatic heterocycles. The average Bonchev–Trinajstić information content (AvgIpc) is 2.70. The molecule has 1 unspecified atom stereocenters. The number of nitrogens with zero attached hydrogens (tertiary/aromatic N) is 2. The van der Waals surface area contributed by atoms with Crippen LogP contribution in [0.15, 0.2) is 6.07 Å². The topological polar surface area (TPSA) is 59.3 Å². The summed E-state index contributed by atoms with van der Waals surface area (Å²) in [6, 6.07) is 2.17. The highest BCUT2D eigenvalue weighted by atomic mass is 16.5. The zero-order chi connectivity index (χ0) is 12.7. The van der Waals surface area contributed by atoms with Gasteiger partial charge in [-0.15, -0.1) is 0 Å². The molecule has 1 rings (SSSR count). The summed E-state index contributed by atoms with van der Waals surface area (Å²) in [5.74, 6) is 0. The Kier molecular flexibility index (Phi) is 6.18. The second-order valence-corrected chi connectivity index (χ2v) is 4.15. The molecule has 98 valence electrons. The van der Waals surface area contributed by atoms with Gasteiger partial charge in [-0.1, -0.05) is 6.92 Å². The number of ether oxygens (including phenoxy) is 1. The lowest BCUT2D eigenvalue weighted by Gasteiger charge is -2.15. The van der Waals surface area contributed by atoms with Gasteiger partial charge >= 0.3 is 0 Å². The van der Waals surface area contributed by atoms with Crippen LogP contribution in [0.3, 0.4) is 0 Å². The van der Waals surface area contributed by atoms with Crippen LogP contribution in [-0.2, 0) is 24.8 Å². The number of hydrogen-bond donors (Lipinski definition) is 2. The zero-order valence-electron chi connectivity index (χ0n) is 10.9. The normalized spacial score (nSPS) is 12.9. The first-order chi connectivity index (χ1) is 8.21. The molecule has 1 aromatic rings. The maximum absolute atomic E-state index is 9.21. The molecular weight excluding hydrogens is 218 g/mol. The number of rotatable bonds is 8. The summed E-state index contributed by atoms with van der Waals surface area (Å²) in [4.78, 5) is 0. The van der Waals surface area contributed by atoms with Gasteiger partial charge < -0.3 is 15.2 Å². The molecule has 5 nitrogen and oxygen atoms in total. The third-order valence-corrected chi connectivity index (χ3v) is 2.85. The zero-order valence-corrected chi connectivity index (χ0v) is 10.9. The van der Waals surface area contributed by atoms with Crippen molar-refractivity contribution in [2.24, 2.45) is 7.05 Å². The smallest absolute Gasteiger partial charge is 0.0625 e. The lowest BCUT2D eigenvalue weighted by molar-refractivity contribution is 0.159. The van der Waals surface area contributed by atoms with Crippen molar-refractivity contribution in [3.63, 3.8) is 0 Å². The van der Waals surface area contributed by atoms with Crippen LogP contribution in [0, 0.1) is 0 Å². The summed E-state index contributed by atoms with van der Waals surface area (Å²) in [6.07, 6.45) is 1.76. The van der Waals surface area contributed by atoms with E-state index in [1.54, 1.807) is 7.11 Å². The van der Waals surface area contributed by atoms with Gasteiger partial charge in [0.05, 0.1) is 18.0 Å². The summed E-state index contributed by atoms with van der Waals surface area (Å²) >= 11 is 0. The molecule has 1 heterocycles. The van der Waals surface area contributed by atoms with Gasteiger partial charge in [0.15, 0.2) is 0 Å². The summed E-state index contributed by atoms with van der Waals surface area (Å²) in [5, 5.41) is 16.9. The van der Waals surface area contributed by atoms with Gasteiger partial charge in [-0.05, 0) is 18.9 Å². The van der Waals surface area contributed by atoms with Gasteiger partial charge in [0.25, 0.3) is 0 Å². The van der Waals surface area contributed by atoms with Crippen molar-refractivity contribution in [2.45, 2.75) is 32.4 Å². The third kappa shape index (κ3) is 4.46. The van der Waals surface area contributed by atoms with E-state index in [1.165, 1.54) is 0 Å². The number of hydrogen-bond acceptors (Lipinski definition) is 4. The van der Waals surface area contributed by atoms with Gasteiger partial charge in [0, 0.05) is 33.4 Å². The summed E-state index contributed by atoms with van der Waals surface area (Å²) in [5.41, 5.74) is 2.24. The quantitative estimate of drug-likeness (QED) is 0.694. The second-order valence-electron chi connectivity index (χ2n) is 4.15. The van der Waals surface area contributed by atoms with Crippen LogP contribution in [0.4, 0.5) is 0 Å². The van der Waals surface area contributed by atoms with Crippen LogP contribution in [0.2, 0.25) is 0 Å². The van der Waals surface area contributed by atoms with Crippen LogP contribution < -0.4 is 5.32 Å². The van der Waals surface area contributed by atoms with E-state index in [-0.39, 0.29) is 12.6 Å². The molecule has 0 fully saturated rings. The molecule has 1 atom stereocenters. The predicted octanol–water partition coefficient (Wildman–Crippen LogP) is 0.469. The van der Waals surface area contributed by atoms with Crippen molar-refractivity contribution in [1.82, 2.24) is 15.1 Å². The van der Waals surface area contributed by atoms with Gasteiger partial charge in [-0.25, -0.2) is 0 Å². The van der Waals surface area contributed by atoms with E-state index in [2.05, 4.69) is 23.4 Å². The minimum absolute atomic E-state index is 0.0786.